The molecule has 0 aliphatic rings. The van der Waals surface area contributed by atoms with Gasteiger partial charge in [0.1, 0.15) is 6.07 Å². The highest BCUT2D eigenvalue weighted by molar-refractivity contribution is 9.10. The number of nitrogens with one attached hydrogen (secondary N) is 1. The molecule has 0 aliphatic heterocycles. The Balaban J connectivity index is 2.69. The van der Waals surface area contributed by atoms with Gasteiger partial charge in [-0.25, -0.2) is 0 Å². The summed E-state index contributed by atoms with van der Waals surface area (Å²) in [7, 11) is 0. The van der Waals surface area contributed by atoms with Crippen molar-refractivity contribution in [2.75, 3.05) is 11.9 Å². The summed E-state index contributed by atoms with van der Waals surface area (Å²) in [6, 6.07) is 7.88. The summed E-state index contributed by atoms with van der Waals surface area (Å²) in [4.78, 5) is 0. The van der Waals surface area contributed by atoms with Gasteiger partial charge in [0.2, 0.25) is 0 Å². The molecule has 0 unspecified atom stereocenters. The first kappa shape index (κ1) is 11.8. The minimum Gasteiger partial charge on any atom is -0.384 e. The molecule has 1 rings (SSSR count). The van der Waals surface area contributed by atoms with E-state index in [-0.39, 0.29) is 0 Å². The number of hydrogen-bond acceptors (Lipinski definition) is 2. The SMILES string of the molecule is C/C=C/CCNc1cccc(Br)c1C#N. The first-order valence-corrected chi connectivity index (χ1v) is 5.62. The second kappa shape index (κ2) is 6.26. The van der Waals surface area contributed by atoms with Gasteiger partial charge in [0.15, 0.2) is 0 Å². The van der Waals surface area contributed by atoms with Crippen molar-refractivity contribution < 1.29 is 0 Å². The van der Waals surface area contributed by atoms with Crippen LogP contribution >= 0.6 is 15.9 Å². The first-order valence-electron chi connectivity index (χ1n) is 4.83. The topological polar surface area (TPSA) is 35.8 Å². The Labute approximate surface area is 98.7 Å². The molecule has 0 saturated heterocycles. The lowest BCUT2D eigenvalue weighted by Crippen LogP contribution is -2.02. The van der Waals surface area contributed by atoms with Gasteiger partial charge in [0.25, 0.3) is 0 Å². The van der Waals surface area contributed by atoms with Gasteiger partial charge in [-0.05, 0) is 41.4 Å². The van der Waals surface area contributed by atoms with Crippen molar-refractivity contribution in [1.29, 1.82) is 5.26 Å². The Bertz CT molecular complexity index is 391. The standard InChI is InChI=1S/C12H13BrN2/c1-2-3-4-8-15-12-7-5-6-11(13)10(12)9-14/h2-3,5-7,15H,4,8H2,1H3/b3-2+. The molecule has 1 aromatic rings. The molecule has 3 heteroatoms. The third-order valence-corrected chi connectivity index (χ3v) is 2.65. The maximum Gasteiger partial charge on any atom is 0.103 e. The van der Waals surface area contributed by atoms with Gasteiger partial charge in [0.05, 0.1) is 11.3 Å². The number of nitrogens with zero attached hydrogens (tertiary/aromatic N) is 1. The van der Waals surface area contributed by atoms with Crippen LogP contribution in [0.25, 0.3) is 0 Å². The minimum absolute atomic E-state index is 0.665. The molecule has 0 heterocycles. The quantitative estimate of drug-likeness (QED) is 0.665. The van der Waals surface area contributed by atoms with Crippen molar-refractivity contribution in [3.8, 4) is 6.07 Å². The Morgan fingerprint density at radius 3 is 3.00 bits per heavy atom. The highest BCUT2D eigenvalue weighted by Gasteiger charge is 2.03. The summed E-state index contributed by atoms with van der Waals surface area (Å²) in [5.74, 6) is 0. The van der Waals surface area contributed by atoms with E-state index in [2.05, 4.69) is 33.4 Å². The molecule has 0 saturated carbocycles. The predicted molar refractivity (Wildman–Crippen MR) is 66.8 cm³/mol. The molecular weight excluding hydrogens is 252 g/mol. The lowest BCUT2D eigenvalue weighted by atomic mass is 10.2. The zero-order chi connectivity index (χ0) is 11.1. The van der Waals surface area contributed by atoms with Crippen LogP contribution in [0.3, 0.4) is 0 Å². The predicted octanol–water partition coefficient (Wildman–Crippen LogP) is 3.70. The van der Waals surface area contributed by atoms with Crippen molar-refractivity contribution in [1.82, 2.24) is 0 Å². The number of allylic oxidation sites excluding steroid dienone is 1. The molecular formula is C12H13BrN2. The lowest BCUT2D eigenvalue weighted by molar-refractivity contribution is 1.06. The van der Waals surface area contributed by atoms with Crippen LogP contribution in [-0.2, 0) is 0 Å². The normalized spacial score (nSPS) is 10.2. The van der Waals surface area contributed by atoms with Gasteiger partial charge in [-0.2, -0.15) is 5.26 Å². The fourth-order valence-corrected chi connectivity index (χ4v) is 1.70. The van der Waals surface area contributed by atoms with Crippen LogP contribution < -0.4 is 5.32 Å². The molecule has 0 bridgehead atoms. The van der Waals surface area contributed by atoms with Crippen molar-refractivity contribution in [2.45, 2.75) is 13.3 Å². The van der Waals surface area contributed by atoms with Gasteiger partial charge >= 0.3 is 0 Å². The average molecular weight is 265 g/mol. The minimum atomic E-state index is 0.665. The highest BCUT2D eigenvalue weighted by atomic mass is 79.9. The summed E-state index contributed by atoms with van der Waals surface area (Å²) < 4.78 is 0.834. The van der Waals surface area contributed by atoms with E-state index < -0.39 is 0 Å². The third kappa shape index (κ3) is 3.41. The first-order chi connectivity index (χ1) is 7.29. The molecule has 0 amide bonds. The van der Waals surface area contributed by atoms with Crippen LogP contribution in [0, 0.1) is 11.3 Å². The number of rotatable bonds is 4. The maximum atomic E-state index is 8.97. The summed E-state index contributed by atoms with van der Waals surface area (Å²) in [6.45, 7) is 2.84. The molecule has 0 aromatic heterocycles. The molecule has 78 valence electrons. The smallest absolute Gasteiger partial charge is 0.103 e. The number of hydrogen-bond donors (Lipinski definition) is 1. The number of benzene rings is 1. The Kier molecular flexibility index (Phi) is 4.92. The van der Waals surface area contributed by atoms with E-state index >= 15 is 0 Å². The average Bonchev–Trinajstić information content (AvgIpc) is 2.24. The van der Waals surface area contributed by atoms with Crippen LogP contribution in [0.4, 0.5) is 5.69 Å². The maximum absolute atomic E-state index is 8.97. The molecule has 15 heavy (non-hydrogen) atoms. The molecule has 1 N–H and O–H groups in total. The van der Waals surface area contributed by atoms with Gasteiger partial charge < -0.3 is 5.32 Å². The van der Waals surface area contributed by atoms with Gasteiger partial charge in [-0.15, -0.1) is 0 Å². The van der Waals surface area contributed by atoms with Gasteiger partial charge in [-0.3, -0.25) is 0 Å². The lowest BCUT2D eigenvalue weighted by Gasteiger charge is -2.07. The van der Waals surface area contributed by atoms with E-state index in [9.17, 15) is 0 Å². The molecule has 0 fully saturated rings. The van der Waals surface area contributed by atoms with Crippen LogP contribution in [-0.4, -0.2) is 6.54 Å². The summed E-state index contributed by atoms with van der Waals surface area (Å²) >= 11 is 3.35. The molecule has 2 nitrogen and oxygen atoms in total. The molecule has 0 radical (unpaired) electrons. The third-order valence-electron chi connectivity index (χ3n) is 1.99. The Morgan fingerprint density at radius 2 is 2.33 bits per heavy atom. The zero-order valence-electron chi connectivity index (χ0n) is 8.63. The van der Waals surface area contributed by atoms with E-state index in [0.717, 1.165) is 23.1 Å². The second-order valence-electron chi connectivity index (χ2n) is 3.06. The fourth-order valence-electron chi connectivity index (χ4n) is 1.24. The Morgan fingerprint density at radius 1 is 1.53 bits per heavy atom. The largest absolute Gasteiger partial charge is 0.384 e. The van der Waals surface area contributed by atoms with Crippen LogP contribution in [0.2, 0.25) is 0 Å². The van der Waals surface area contributed by atoms with Crippen LogP contribution in [0.15, 0.2) is 34.8 Å². The van der Waals surface area contributed by atoms with Crippen molar-refractivity contribution in [3.63, 3.8) is 0 Å². The van der Waals surface area contributed by atoms with Crippen LogP contribution in [0.5, 0.6) is 0 Å². The highest BCUT2D eigenvalue weighted by Crippen LogP contribution is 2.23. The second-order valence-corrected chi connectivity index (χ2v) is 3.91. The van der Waals surface area contributed by atoms with E-state index in [1.165, 1.54) is 0 Å². The van der Waals surface area contributed by atoms with E-state index in [1.54, 1.807) is 0 Å². The van der Waals surface area contributed by atoms with E-state index in [0.29, 0.717) is 5.56 Å². The number of nitriles is 1. The van der Waals surface area contributed by atoms with Crippen molar-refractivity contribution in [2.24, 2.45) is 0 Å². The summed E-state index contributed by atoms with van der Waals surface area (Å²) in [5.41, 5.74) is 1.55. The van der Waals surface area contributed by atoms with Crippen molar-refractivity contribution >= 4 is 21.6 Å². The van der Waals surface area contributed by atoms with Crippen molar-refractivity contribution in [3.05, 3.63) is 40.4 Å². The summed E-state index contributed by atoms with van der Waals surface area (Å²) in [5, 5.41) is 12.2. The fraction of sp³-hybridized carbons (Fsp3) is 0.250. The molecule has 0 atom stereocenters. The summed E-state index contributed by atoms with van der Waals surface area (Å²) in [6.07, 6.45) is 5.08. The number of halogens is 1. The monoisotopic (exact) mass is 264 g/mol. The Hall–Kier alpha value is -1.27. The van der Waals surface area contributed by atoms with E-state index in [1.807, 2.05) is 31.2 Å². The molecule has 1 aromatic carbocycles. The van der Waals surface area contributed by atoms with E-state index in [4.69, 9.17) is 5.26 Å². The molecule has 0 spiro atoms. The van der Waals surface area contributed by atoms with Gasteiger partial charge in [-0.1, -0.05) is 18.2 Å². The van der Waals surface area contributed by atoms with Crippen LogP contribution in [0.1, 0.15) is 18.9 Å². The molecule has 0 aliphatic carbocycles. The zero-order valence-corrected chi connectivity index (χ0v) is 10.2. The van der Waals surface area contributed by atoms with Gasteiger partial charge in [0, 0.05) is 11.0 Å². The number of anilines is 1.